The number of amides is 1. The summed E-state index contributed by atoms with van der Waals surface area (Å²) >= 11 is 12.8. The molecular formula is C26H31Cl3N6O. The molecule has 1 amide bonds. The van der Waals surface area contributed by atoms with Crippen LogP contribution in [0.15, 0.2) is 42.7 Å². The number of benzene rings is 1. The van der Waals surface area contributed by atoms with E-state index in [1.807, 2.05) is 11.0 Å². The molecule has 0 atom stereocenters. The molecule has 0 saturated carbocycles. The quantitative estimate of drug-likeness (QED) is 0.445. The Labute approximate surface area is 228 Å². The number of carbonyl (C=O) groups excluding carboxylic acids is 1. The summed E-state index contributed by atoms with van der Waals surface area (Å²) in [5.74, 6) is 2.45. The molecule has 2 aliphatic rings. The Morgan fingerprint density at radius 1 is 0.972 bits per heavy atom. The van der Waals surface area contributed by atoms with Crippen LogP contribution in [-0.2, 0) is 17.3 Å². The summed E-state index contributed by atoms with van der Waals surface area (Å²) in [5, 5.41) is 10.7. The molecule has 0 N–H and O–H groups in total. The molecule has 36 heavy (non-hydrogen) atoms. The third-order valence-electron chi connectivity index (χ3n) is 7.73. The van der Waals surface area contributed by atoms with Crippen molar-refractivity contribution in [3.8, 4) is 0 Å². The van der Waals surface area contributed by atoms with Gasteiger partial charge in [-0.1, -0.05) is 53.5 Å². The Kier molecular flexibility index (Phi) is 8.12. The molecule has 3 aromatic rings. The number of rotatable bonds is 4. The van der Waals surface area contributed by atoms with Crippen molar-refractivity contribution >= 4 is 47.2 Å². The molecule has 5 rings (SSSR count). The van der Waals surface area contributed by atoms with Gasteiger partial charge in [0, 0.05) is 58.5 Å². The second kappa shape index (κ2) is 11.0. The molecule has 0 aliphatic carbocycles. The van der Waals surface area contributed by atoms with E-state index >= 15 is 0 Å². The van der Waals surface area contributed by atoms with Crippen molar-refractivity contribution in [2.75, 3.05) is 31.1 Å². The average molecular weight is 550 g/mol. The fourth-order valence-corrected chi connectivity index (χ4v) is 6.39. The number of nitrogens with zero attached hydrogens (tertiary/aromatic N) is 6. The Hall–Kier alpha value is -2.35. The number of carbonyl (C=O) groups is 1. The second-order valence-electron chi connectivity index (χ2n) is 9.61. The number of hydrogen-bond donors (Lipinski definition) is 0. The summed E-state index contributed by atoms with van der Waals surface area (Å²) < 4.78 is 2.21. The topological polar surface area (TPSA) is 67.2 Å². The molecule has 0 bridgehead atoms. The predicted octanol–water partition coefficient (Wildman–Crippen LogP) is 5.25. The number of aromatic nitrogens is 4. The third-order valence-corrected chi connectivity index (χ3v) is 8.28. The lowest BCUT2D eigenvalue weighted by atomic mass is 9.72. The molecular weight excluding hydrogens is 519 g/mol. The lowest BCUT2D eigenvalue weighted by Crippen LogP contribution is -2.46. The van der Waals surface area contributed by atoms with Crippen LogP contribution >= 0.6 is 35.6 Å². The monoisotopic (exact) mass is 548 g/mol. The molecule has 2 saturated heterocycles. The summed E-state index contributed by atoms with van der Waals surface area (Å²) in [7, 11) is 2.09. The number of piperidine rings is 2. The van der Waals surface area contributed by atoms with Crippen LogP contribution in [0.3, 0.4) is 0 Å². The zero-order valence-corrected chi connectivity index (χ0v) is 22.9. The smallest absolute Gasteiger partial charge is 0.219 e. The van der Waals surface area contributed by atoms with E-state index in [1.54, 1.807) is 19.3 Å². The van der Waals surface area contributed by atoms with Crippen molar-refractivity contribution < 1.29 is 4.79 Å². The summed E-state index contributed by atoms with van der Waals surface area (Å²) in [5.41, 5.74) is 1.84. The molecule has 7 nitrogen and oxygen atoms in total. The lowest BCUT2D eigenvalue weighted by Gasteiger charge is -2.41. The van der Waals surface area contributed by atoms with Gasteiger partial charge in [0.25, 0.3) is 0 Å². The van der Waals surface area contributed by atoms with Gasteiger partial charge in [-0.3, -0.25) is 9.78 Å². The maximum atomic E-state index is 12.0. The highest BCUT2D eigenvalue weighted by Crippen LogP contribution is 2.42. The maximum absolute atomic E-state index is 12.0. The van der Waals surface area contributed by atoms with E-state index in [1.165, 1.54) is 5.56 Å². The molecule has 0 radical (unpaired) electrons. The van der Waals surface area contributed by atoms with Gasteiger partial charge in [0.05, 0.1) is 21.1 Å². The summed E-state index contributed by atoms with van der Waals surface area (Å²) in [6, 6.07) is 10.6. The number of likely N-dealkylation sites (tertiary alicyclic amines) is 1. The third kappa shape index (κ3) is 4.81. The molecule has 2 aliphatic heterocycles. The van der Waals surface area contributed by atoms with Gasteiger partial charge >= 0.3 is 0 Å². The fraction of sp³-hybridized carbons (Fsp3) is 0.462. The summed E-state index contributed by atoms with van der Waals surface area (Å²) in [6.07, 6.45) is 6.84. The van der Waals surface area contributed by atoms with Crippen molar-refractivity contribution in [3.05, 3.63) is 70.0 Å². The van der Waals surface area contributed by atoms with Crippen molar-refractivity contribution in [2.45, 2.75) is 43.9 Å². The normalized spacial score (nSPS) is 18.1. The van der Waals surface area contributed by atoms with Crippen LogP contribution in [0.5, 0.6) is 0 Å². The average Bonchev–Trinajstić information content (AvgIpc) is 3.26. The SMILES string of the molecule is CC(=O)N1CCC(c2ccccc2)(c2nnc(C3CCN(c4c(Cl)cncc4Cl)CC3)n2C)CC1.Cl. The molecule has 0 unspecified atom stereocenters. The Morgan fingerprint density at radius 2 is 1.58 bits per heavy atom. The van der Waals surface area contributed by atoms with Crippen LogP contribution in [-0.4, -0.2) is 56.7 Å². The van der Waals surface area contributed by atoms with E-state index in [4.69, 9.17) is 33.4 Å². The number of hydrogen-bond acceptors (Lipinski definition) is 5. The highest BCUT2D eigenvalue weighted by molar-refractivity contribution is 6.38. The largest absolute Gasteiger partial charge is 0.369 e. The van der Waals surface area contributed by atoms with Gasteiger partial charge in [-0.25, -0.2) is 0 Å². The first kappa shape index (κ1) is 26.7. The van der Waals surface area contributed by atoms with E-state index in [0.717, 1.165) is 69.2 Å². The van der Waals surface area contributed by atoms with E-state index in [2.05, 4.69) is 45.8 Å². The van der Waals surface area contributed by atoms with Crippen LogP contribution in [0, 0.1) is 0 Å². The predicted molar refractivity (Wildman–Crippen MR) is 145 cm³/mol. The van der Waals surface area contributed by atoms with Gasteiger partial charge < -0.3 is 14.4 Å². The molecule has 0 spiro atoms. The van der Waals surface area contributed by atoms with Crippen molar-refractivity contribution in [2.24, 2.45) is 7.05 Å². The van der Waals surface area contributed by atoms with Crippen molar-refractivity contribution in [3.63, 3.8) is 0 Å². The number of anilines is 1. The molecule has 4 heterocycles. The first-order chi connectivity index (χ1) is 16.9. The van der Waals surface area contributed by atoms with Crippen LogP contribution in [0.4, 0.5) is 5.69 Å². The van der Waals surface area contributed by atoms with Crippen LogP contribution < -0.4 is 4.90 Å². The van der Waals surface area contributed by atoms with Crippen LogP contribution in [0.2, 0.25) is 10.0 Å². The minimum absolute atomic E-state index is 0. The second-order valence-corrected chi connectivity index (χ2v) is 10.4. The van der Waals surface area contributed by atoms with Gasteiger partial charge in [0.2, 0.25) is 5.91 Å². The van der Waals surface area contributed by atoms with Crippen molar-refractivity contribution in [1.82, 2.24) is 24.6 Å². The highest BCUT2D eigenvalue weighted by atomic mass is 35.5. The fourth-order valence-electron chi connectivity index (χ4n) is 5.78. The first-order valence-corrected chi connectivity index (χ1v) is 12.9. The van der Waals surface area contributed by atoms with Crippen LogP contribution in [0.1, 0.15) is 55.7 Å². The minimum Gasteiger partial charge on any atom is -0.369 e. The Balaban J connectivity index is 0.00000304. The van der Waals surface area contributed by atoms with Crippen molar-refractivity contribution in [1.29, 1.82) is 0 Å². The Bertz CT molecular complexity index is 1180. The van der Waals surface area contributed by atoms with Gasteiger partial charge in [-0.05, 0) is 31.2 Å². The molecule has 192 valence electrons. The zero-order chi connectivity index (χ0) is 24.6. The number of halogens is 3. The van der Waals surface area contributed by atoms with E-state index in [9.17, 15) is 4.79 Å². The molecule has 2 aromatic heterocycles. The van der Waals surface area contributed by atoms with Gasteiger partial charge in [-0.15, -0.1) is 22.6 Å². The molecule has 2 fully saturated rings. The first-order valence-electron chi connectivity index (χ1n) is 12.2. The van der Waals surface area contributed by atoms with E-state index in [0.29, 0.717) is 16.0 Å². The highest BCUT2D eigenvalue weighted by Gasteiger charge is 2.43. The molecule has 1 aromatic carbocycles. The van der Waals surface area contributed by atoms with E-state index < -0.39 is 0 Å². The maximum Gasteiger partial charge on any atom is 0.219 e. The zero-order valence-electron chi connectivity index (χ0n) is 20.5. The van der Waals surface area contributed by atoms with Gasteiger partial charge in [0.15, 0.2) is 0 Å². The number of pyridine rings is 1. The van der Waals surface area contributed by atoms with Gasteiger partial charge in [-0.2, -0.15) is 0 Å². The summed E-state index contributed by atoms with van der Waals surface area (Å²) in [4.78, 5) is 20.2. The van der Waals surface area contributed by atoms with E-state index in [-0.39, 0.29) is 23.7 Å². The van der Waals surface area contributed by atoms with Crippen LogP contribution in [0.25, 0.3) is 0 Å². The minimum atomic E-state index is -0.258. The lowest BCUT2D eigenvalue weighted by molar-refractivity contribution is -0.130. The molecule has 10 heteroatoms. The standard InChI is InChI=1S/C26H30Cl2N6O.ClH/c1-18(35)33-14-10-26(11-15-33,20-6-4-3-5-7-20)25-31-30-24(32(25)2)19-8-12-34(13-9-19)23-21(27)16-29-17-22(23)28;/h3-7,16-17,19H,8-15H2,1-2H3;1H. The Morgan fingerprint density at radius 3 is 2.17 bits per heavy atom. The van der Waals surface area contributed by atoms with Gasteiger partial charge in [0.1, 0.15) is 11.6 Å². The summed E-state index contributed by atoms with van der Waals surface area (Å²) in [6.45, 7) is 4.77.